The maximum atomic E-state index is 13.3. The first-order valence-electron chi connectivity index (χ1n) is 8.34. The van der Waals surface area contributed by atoms with Crippen LogP contribution < -0.4 is 10.1 Å². The Morgan fingerprint density at radius 2 is 1.89 bits per heavy atom. The topological polar surface area (TPSA) is 59.9 Å². The Morgan fingerprint density at radius 3 is 2.71 bits per heavy atom. The molecule has 1 N–H and O–H groups in total. The lowest BCUT2D eigenvalue weighted by Gasteiger charge is -2.10. The number of thiazole rings is 1. The molecule has 0 aliphatic rings. The van der Waals surface area contributed by atoms with Crippen LogP contribution in [0.2, 0.25) is 0 Å². The van der Waals surface area contributed by atoms with Gasteiger partial charge in [-0.2, -0.15) is 0 Å². The molecule has 0 bridgehead atoms. The highest BCUT2D eigenvalue weighted by Gasteiger charge is 2.06. The first-order chi connectivity index (χ1) is 13.7. The zero-order valence-electron chi connectivity index (χ0n) is 14.5. The molecular weight excluding hydrogens is 382 g/mol. The van der Waals surface area contributed by atoms with Crippen molar-refractivity contribution in [1.29, 1.82) is 0 Å². The molecule has 0 spiro atoms. The number of aromatic nitrogens is 3. The number of anilines is 2. The summed E-state index contributed by atoms with van der Waals surface area (Å²) in [6.45, 7) is 0.122. The molecule has 2 aromatic carbocycles. The van der Waals surface area contributed by atoms with E-state index in [9.17, 15) is 8.78 Å². The van der Waals surface area contributed by atoms with Gasteiger partial charge in [-0.05, 0) is 35.9 Å². The maximum absolute atomic E-state index is 13.3. The highest BCUT2D eigenvalue weighted by molar-refractivity contribution is 7.13. The van der Waals surface area contributed by atoms with Crippen LogP contribution in [0.4, 0.5) is 20.4 Å². The summed E-state index contributed by atoms with van der Waals surface area (Å²) in [5, 5.41) is 5.83. The van der Waals surface area contributed by atoms with Crippen LogP contribution >= 0.6 is 11.3 Å². The number of ether oxygens (including phenoxy) is 1. The Morgan fingerprint density at radius 1 is 0.964 bits per heavy atom. The van der Waals surface area contributed by atoms with Crippen molar-refractivity contribution >= 4 is 23.0 Å². The molecule has 0 amide bonds. The van der Waals surface area contributed by atoms with Gasteiger partial charge in [0.05, 0.1) is 0 Å². The largest absolute Gasteiger partial charge is 0.489 e. The van der Waals surface area contributed by atoms with Crippen molar-refractivity contribution in [1.82, 2.24) is 15.0 Å². The monoisotopic (exact) mass is 396 g/mol. The van der Waals surface area contributed by atoms with Gasteiger partial charge in [0, 0.05) is 29.5 Å². The van der Waals surface area contributed by atoms with E-state index in [1.54, 1.807) is 30.6 Å². The van der Waals surface area contributed by atoms with Crippen LogP contribution in [0.15, 0.2) is 66.3 Å². The van der Waals surface area contributed by atoms with Crippen molar-refractivity contribution in [3.63, 3.8) is 0 Å². The molecule has 0 radical (unpaired) electrons. The second-order valence-corrected chi connectivity index (χ2v) is 6.69. The van der Waals surface area contributed by atoms with E-state index in [2.05, 4.69) is 20.3 Å². The van der Waals surface area contributed by atoms with Crippen LogP contribution in [-0.2, 0) is 6.61 Å². The van der Waals surface area contributed by atoms with Crippen molar-refractivity contribution in [2.45, 2.75) is 6.61 Å². The summed E-state index contributed by atoms with van der Waals surface area (Å²) in [5.74, 6) is -0.764. The molecule has 5 nitrogen and oxygen atoms in total. The molecule has 8 heteroatoms. The molecule has 4 aromatic rings. The third kappa shape index (κ3) is 4.29. The number of hydrogen-bond donors (Lipinski definition) is 1. The van der Waals surface area contributed by atoms with Crippen LogP contribution in [0, 0.1) is 11.6 Å². The fourth-order valence-electron chi connectivity index (χ4n) is 2.48. The summed E-state index contributed by atoms with van der Waals surface area (Å²) in [6, 6.07) is 12.7. The lowest BCUT2D eigenvalue weighted by Crippen LogP contribution is -2.00. The second-order valence-electron chi connectivity index (χ2n) is 5.79. The molecule has 4 rings (SSSR count). The van der Waals surface area contributed by atoms with Gasteiger partial charge >= 0.3 is 0 Å². The lowest BCUT2D eigenvalue weighted by molar-refractivity contribution is 0.305. The van der Waals surface area contributed by atoms with E-state index in [-0.39, 0.29) is 6.61 Å². The minimum absolute atomic E-state index is 0.122. The smallest absolute Gasteiger partial charge is 0.227 e. The van der Waals surface area contributed by atoms with Crippen LogP contribution in [0.3, 0.4) is 0 Å². The summed E-state index contributed by atoms with van der Waals surface area (Å²) >= 11 is 1.50. The Bertz CT molecular complexity index is 1090. The molecule has 0 unspecified atom stereocenters. The minimum Gasteiger partial charge on any atom is -0.489 e. The van der Waals surface area contributed by atoms with Gasteiger partial charge in [-0.1, -0.05) is 12.1 Å². The van der Waals surface area contributed by atoms with E-state index in [0.29, 0.717) is 17.3 Å². The number of nitrogens with one attached hydrogen (secondary N) is 1. The second kappa shape index (κ2) is 8.10. The number of hydrogen-bond acceptors (Lipinski definition) is 6. The van der Waals surface area contributed by atoms with E-state index < -0.39 is 11.6 Å². The molecule has 28 heavy (non-hydrogen) atoms. The first-order valence-corrected chi connectivity index (χ1v) is 9.22. The number of nitrogens with zero attached hydrogens (tertiary/aromatic N) is 3. The molecule has 0 saturated carbocycles. The average molecular weight is 396 g/mol. The SMILES string of the molecule is Fc1ccc(COc2cccc(Nc3nccc(-c4nccs4)n3)c2)cc1F. The van der Waals surface area contributed by atoms with Crippen molar-refractivity contribution in [2.24, 2.45) is 0 Å². The van der Waals surface area contributed by atoms with Crippen molar-refractivity contribution < 1.29 is 13.5 Å². The van der Waals surface area contributed by atoms with E-state index in [1.165, 1.54) is 17.4 Å². The number of rotatable bonds is 6. The molecule has 2 aromatic heterocycles. The number of halogens is 2. The minimum atomic E-state index is -0.895. The molecule has 0 aliphatic heterocycles. The van der Waals surface area contributed by atoms with Crippen molar-refractivity contribution in [3.05, 3.63) is 83.5 Å². The van der Waals surface area contributed by atoms with Crippen molar-refractivity contribution in [3.8, 4) is 16.5 Å². The Hall–Kier alpha value is -3.39. The molecular formula is C20H14F2N4OS. The molecule has 0 saturated heterocycles. The summed E-state index contributed by atoms with van der Waals surface area (Å²) < 4.78 is 32.0. The van der Waals surface area contributed by atoms with Crippen LogP contribution in [0.1, 0.15) is 5.56 Å². The van der Waals surface area contributed by atoms with Gasteiger partial charge in [0.2, 0.25) is 5.95 Å². The Labute approximate surface area is 163 Å². The lowest BCUT2D eigenvalue weighted by atomic mass is 10.2. The maximum Gasteiger partial charge on any atom is 0.227 e. The highest BCUT2D eigenvalue weighted by atomic mass is 32.1. The first kappa shape index (κ1) is 18.0. The van der Waals surface area contributed by atoms with Gasteiger partial charge in [0.15, 0.2) is 11.6 Å². The molecule has 0 fully saturated rings. The standard InChI is InChI=1S/C20H14F2N4OS/c21-16-5-4-13(10-17(16)22)12-27-15-3-1-2-14(11-15)25-20-24-7-6-18(26-20)19-23-8-9-28-19/h1-11H,12H2,(H,24,25,26). The van der Waals surface area contributed by atoms with Gasteiger partial charge < -0.3 is 10.1 Å². The predicted molar refractivity (Wildman–Crippen MR) is 104 cm³/mol. The molecule has 2 heterocycles. The quantitative estimate of drug-likeness (QED) is 0.485. The fraction of sp³-hybridized carbons (Fsp3) is 0.0500. The average Bonchev–Trinajstić information content (AvgIpc) is 3.24. The Kier molecular flexibility index (Phi) is 5.20. The summed E-state index contributed by atoms with van der Waals surface area (Å²) in [7, 11) is 0. The third-order valence-electron chi connectivity index (χ3n) is 3.79. The van der Waals surface area contributed by atoms with Gasteiger partial charge in [0.25, 0.3) is 0 Å². The highest BCUT2D eigenvalue weighted by Crippen LogP contribution is 2.23. The number of benzene rings is 2. The summed E-state index contributed by atoms with van der Waals surface area (Å²) in [4.78, 5) is 12.9. The molecule has 140 valence electrons. The van der Waals surface area contributed by atoms with Gasteiger partial charge in [-0.3, -0.25) is 0 Å². The zero-order valence-corrected chi connectivity index (χ0v) is 15.3. The van der Waals surface area contributed by atoms with Crippen LogP contribution in [0.5, 0.6) is 5.75 Å². The fourth-order valence-corrected chi connectivity index (χ4v) is 3.08. The van der Waals surface area contributed by atoms with Gasteiger partial charge in [-0.25, -0.2) is 23.7 Å². The summed E-state index contributed by atoms with van der Waals surface area (Å²) in [5.41, 5.74) is 2.01. The zero-order chi connectivity index (χ0) is 19.3. The van der Waals surface area contributed by atoms with Gasteiger partial charge in [0.1, 0.15) is 23.1 Å². The molecule has 0 aliphatic carbocycles. The van der Waals surface area contributed by atoms with E-state index in [4.69, 9.17) is 4.74 Å². The molecule has 0 atom stereocenters. The van der Waals surface area contributed by atoms with Crippen LogP contribution in [0.25, 0.3) is 10.7 Å². The van der Waals surface area contributed by atoms with E-state index >= 15 is 0 Å². The Balaban J connectivity index is 1.45. The normalized spacial score (nSPS) is 10.6. The van der Waals surface area contributed by atoms with Gasteiger partial charge in [-0.15, -0.1) is 11.3 Å². The van der Waals surface area contributed by atoms with Crippen molar-refractivity contribution in [2.75, 3.05) is 5.32 Å². The van der Waals surface area contributed by atoms with Crippen LogP contribution in [-0.4, -0.2) is 15.0 Å². The third-order valence-corrected chi connectivity index (χ3v) is 4.58. The van der Waals surface area contributed by atoms with E-state index in [0.717, 1.165) is 28.5 Å². The van der Waals surface area contributed by atoms with E-state index in [1.807, 2.05) is 17.5 Å². The predicted octanol–water partition coefficient (Wildman–Crippen LogP) is 5.20. The summed E-state index contributed by atoms with van der Waals surface area (Å²) in [6.07, 6.45) is 3.39.